The molecule has 0 radical (unpaired) electrons. The van der Waals surface area contributed by atoms with Crippen molar-refractivity contribution in [2.75, 3.05) is 5.32 Å². The number of aromatic nitrogens is 2. The summed E-state index contributed by atoms with van der Waals surface area (Å²) in [6.45, 7) is 0.638. The number of nitriles is 1. The molecule has 0 aliphatic rings. The number of anilines is 1. The van der Waals surface area contributed by atoms with Crippen LogP contribution < -0.4 is 5.32 Å². The first kappa shape index (κ1) is 10.9. The highest BCUT2D eigenvalue weighted by molar-refractivity contribution is 7.16. The van der Waals surface area contributed by atoms with Crippen LogP contribution >= 0.6 is 22.9 Å². The predicted molar refractivity (Wildman–Crippen MR) is 63.4 cm³/mol. The van der Waals surface area contributed by atoms with Gasteiger partial charge in [-0.05, 0) is 12.1 Å². The first-order valence-corrected chi connectivity index (χ1v) is 5.67. The van der Waals surface area contributed by atoms with E-state index in [0.29, 0.717) is 18.1 Å². The fourth-order valence-electron chi connectivity index (χ4n) is 1.14. The van der Waals surface area contributed by atoms with Crippen molar-refractivity contribution in [1.82, 2.24) is 9.97 Å². The van der Waals surface area contributed by atoms with E-state index in [-0.39, 0.29) is 0 Å². The Bertz CT molecular complexity index is 532. The first-order valence-electron chi connectivity index (χ1n) is 4.48. The molecule has 0 saturated heterocycles. The first-order chi connectivity index (χ1) is 7.78. The number of nitrogens with zero attached hydrogens (tertiary/aromatic N) is 3. The Balaban J connectivity index is 2.02. The molecule has 0 aliphatic carbocycles. The number of nitrogens with one attached hydrogen (secondary N) is 1. The monoisotopic (exact) mass is 250 g/mol. The molecule has 0 bridgehead atoms. The van der Waals surface area contributed by atoms with Crippen molar-refractivity contribution in [2.24, 2.45) is 0 Å². The normalized spacial score (nSPS) is 9.75. The molecule has 4 nitrogen and oxygen atoms in total. The average Bonchev–Trinajstić information content (AvgIpc) is 2.73. The van der Waals surface area contributed by atoms with Crippen LogP contribution in [-0.4, -0.2) is 9.97 Å². The molecule has 2 heterocycles. The summed E-state index contributed by atoms with van der Waals surface area (Å²) in [5.74, 6) is 0.635. The third-order valence-electron chi connectivity index (χ3n) is 1.85. The van der Waals surface area contributed by atoms with Crippen LogP contribution in [-0.2, 0) is 6.54 Å². The summed E-state index contributed by atoms with van der Waals surface area (Å²) >= 11 is 7.32. The van der Waals surface area contributed by atoms with E-state index < -0.39 is 0 Å². The summed E-state index contributed by atoms with van der Waals surface area (Å²) in [5, 5.41) is 11.8. The van der Waals surface area contributed by atoms with Crippen molar-refractivity contribution in [3.63, 3.8) is 0 Å². The fourth-order valence-corrected chi connectivity index (χ4v) is 2.17. The molecule has 2 aromatic rings. The maximum atomic E-state index is 8.67. The molecule has 0 unspecified atom stereocenters. The SMILES string of the molecule is N#Cc1cc(NCc2ccc(Cl)s2)ncn1. The summed E-state index contributed by atoms with van der Waals surface area (Å²) < 4.78 is 0.761. The Morgan fingerprint density at radius 1 is 1.44 bits per heavy atom. The van der Waals surface area contributed by atoms with Crippen LogP contribution in [0.15, 0.2) is 24.5 Å². The number of halogens is 1. The van der Waals surface area contributed by atoms with Gasteiger partial charge in [-0.25, -0.2) is 9.97 Å². The van der Waals surface area contributed by atoms with Gasteiger partial charge in [0.05, 0.1) is 10.9 Å². The average molecular weight is 251 g/mol. The maximum Gasteiger partial charge on any atom is 0.145 e. The van der Waals surface area contributed by atoms with Gasteiger partial charge >= 0.3 is 0 Å². The molecule has 0 aromatic carbocycles. The minimum atomic E-state index is 0.349. The van der Waals surface area contributed by atoms with Crippen LogP contribution in [0.4, 0.5) is 5.82 Å². The van der Waals surface area contributed by atoms with Gasteiger partial charge < -0.3 is 5.32 Å². The molecule has 2 rings (SSSR count). The van der Waals surface area contributed by atoms with Crippen LogP contribution in [0.5, 0.6) is 0 Å². The Labute approximate surface area is 102 Å². The second-order valence-corrected chi connectivity index (χ2v) is 4.76. The molecule has 0 aliphatic heterocycles. The molecule has 1 N–H and O–H groups in total. The van der Waals surface area contributed by atoms with Crippen LogP contribution in [0.25, 0.3) is 0 Å². The van der Waals surface area contributed by atoms with Gasteiger partial charge in [-0.15, -0.1) is 11.3 Å². The van der Waals surface area contributed by atoms with E-state index in [1.807, 2.05) is 18.2 Å². The lowest BCUT2D eigenvalue weighted by Gasteiger charge is -2.02. The highest BCUT2D eigenvalue weighted by Gasteiger charge is 2.00. The molecule has 16 heavy (non-hydrogen) atoms. The highest BCUT2D eigenvalue weighted by Crippen LogP contribution is 2.21. The van der Waals surface area contributed by atoms with Crippen molar-refractivity contribution in [3.8, 4) is 6.07 Å². The zero-order valence-electron chi connectivity index (χ0n) is 8.14. The maximum absolute atomic E-state index is 8.67. The fraction of sp³-hybridized carbons (Fsp3) is 0.100. The van der Waals surface area contributed by atoms with Gasteiger partial charge in [0.25, 0.3) is 0 Å². The lowest BCUT2D eigenvalue weighted by atomic mass is 10.4. The molecule has 2 aromatic heterocycles. The van der Waals surface area contributed by atoms with Gasteiger partial charge in [0, 0.05) is 10.9 Å². The zero-order chi connectivity index (χ0) is 11.4. The zero-order valence-corrected chi connectivity index (χ0v) is 9.72. The second kappa shape index (κ2) is 4.92. The molecule has 0 atom stereocenters. The summed E-state index contributed by atoms with van der Waals surface area (Å²) in [4.78, 5) is 8.91. The Hall–Kier alpha value is -1.64. The third-order valence-corrected chi connectivity index (χ3v) is 3.09. The van der Waals surface area contributed by atoms with E-state index in [0.717, 1.165) is 9.21 Å². The smallest absolute Gasteiger partial charge is 0.145 e. The Morgan fingerprint density at radius 2 is 2.31 bits per heavy atom. The third kappa shape index (κ3) is 2.69. The number of thiophene rings is 1. The van der Waals surface area contributed by atoms with Crippen LogP contribution in [0.3, 0.4) is 0 Å². The van der Waals surface area contributed by atoms with Crippen LogP contribution in [0, 0.1) is 11.3 Å². The molecule has 0 spiro atoms. The molecule has 80 valence electrons. The standard InChI is InChI=1S/C10H7ClN4S/c11-9-2-1-8(16-9)5-13-10-3-7(4-12)14-6-15-10/h1-3,6H,5H2,(H,13,14,15). The van der Waals surface area contributed by atoms with E-state index in [4.69, 9.17) is 16.9 Å². The minimum Gasteiger partial charge on any atom is -0.365 e. The second-order valence-electron chi connectivity index (χ2n) is 2.96. The van der Waals surface area contributed by atoms with Gasteiger partial charge in [0.1, 0.15) is 23.9 Å². The Kier molecular flexibility index (Phi) is 3.34. The Morgan fingerprint density at radius 3 is 3.00 bits per heavy atom. The van der Waals surface area contributed by atoms with E-state index in [1.54, 1.807) is 6.07 Å². The van der Waals surface area contributed by atoms with Crippen LogP contribution in [0.2, 0.25) is 4.34 Å². The minimum absolute atomic E-state index is 0.349. The summed E-state index contributed by atoms with van der Waals surface area (Å²) in [7, 11) is 0. The van der Waals surface area contributed by atoms with Crippen molar-refractivity contribution >= 4 is 28.8 Å². The van der Waals surface area contributed by atoms with E-state index in [9.17, 15) is 0 Å². The molecule has 0 fully saturated rings. The van der Waals surface area contributed by atoms with E-state index in [2.05, 4.69) is 15.3 Å². The largest absolute Gasteiger partial charge is 0.365 e. The van der Waals surface area contributed by atoms with E-state index >= 15 is 0 Å². The van der Waals surface area contributed by atoms with Crippen LogP contribution in [0.1, 0.15) is 10.6 Å². The van der Waals surface area contributed by atoms with E-state index in [1.165, 1.54) is 17.7 Å². The molecule has 0 saturated carbocycles. The van der Waals surface area contributed by atoms with Gasteiger partial charge in [-0.3, -0.25) is 0 Å². The lowest BCUT2D eigenvalue weighted by Crippen LogP contribution is -2.00. The molecular weight excluding hydrogens is 244 g/mol. The van der Waals surface area contributed by atoms with Gasteiger partial charge in [0.2, 0.25) is 0 Å². The lowest BCUT2D eigenvalue weighted by molar-refractivity contribution is 1.09. The predicted octanol–water partition coefficient (Wildman–Crippen LogP) is 2.68. The summed E-state index contributed by atoms with van der Waals surface area (Å²) in [6, 6.07) is 7.37. The van der Waals surface area contributed by atoms with Crippen molar-refractivity contribution in [2.45, 2.75) is 6.54 Å². The highest BCUT2D eigenvalue weighted by atomic mass is 35.5. The summed E-state index contributed by atoms with van der Waals surface area (Å²) in [5.41, 5.74) is 0.349. The number of hydrogen-bond acceptors (Lipinski definition) is 5. The van der Waals surface area contributed by atoms with Gasteiger partial charge in [-0.2, -0.15) is 5.26 Å². The number of hydrogen-bond donors (Lipinski definition) is 1. The van der Waals surface area contributed by atoms with Crippen molar-refractivity contribution in [1.29, 1.82) is 5.26 Å². The summed E-state index contributed by atoms with van der Waals surface area (Å²) in [6.07, 6.45) is 1.36. The topological polar surface area (TPSA) is 61.6 Å². The number of rotatable bonds is 3. The quantitative estimate of drug-likeness (QED) is 0.910. The molecular formula is C10H7ClN4S. The van der Waals surface area contributed by atoms with Gasteiger partial charge in [-0.1, -0.05) is 11.6 Å². The van der Waals surface area contributed by atoms with Crippen molar-refractivity contribution < 1.29 is 0 Å². The van der Waals surface area contributed by atoms with Gasteiger partial charge in [0.15, 0.2) is 0 Å². The molecule has 6 heteroatoms. The van der Waals surface area contributed by atoms with Crippen molar-refractivity contribution in [3.05, 3.63) is 39.4 Å². The molecule has 0 amide bonds.